The SMILES string of the molecule is CC(C)(C)c1ccc(-c2cc3c([Si](C)(C)C)cnc(-c4[c-]c(Oc5[c-]c(-c6ncc([Si](C)(C)C)c7cc(-c8ccc(C(C)(C)C)cc8)sc67)cc(C(C)(C)C)c5)cc(C(C)(C)C)c4)c3s2)cc1.[Pt+2]. The van der Waals surface area contributed by atoms with Crippen LogP contribution in [0.15, 0.2) is 97.3 Å². The predicted molar refractivity (Wildman–Crippen MR) is 299 cm³/mol. The van der Waals surface area contributed by atoms with Crippen LogP contribution in [0.3, 0.4) is 0 Å². The molecule has 0 saturated carbocycles. The summed E-state index contributed by atoms with van der Waals surface area (Å²) < 4.78 is 9.43. The second-order valence-electron chi connectivity index (χ2n) is 24.8. The van der Waals surface area contributed by atoms with E-state index in [9.17, 15) is 0 Å². The first kappa shape index (κ1) is 51.9. The Morgan fingerprint density at radius 2 is 0.765 bits per heavy atom. The molecule has 0 aliphatic rings. The molecule has 4 heterocycles. The number of hydrogen-bond acceptors (Lipinski definition) is 5. The minimum Gasteiger partial charge on any atom is -0.497 e. The summed E-state index contributed by atoms with van der Waals surface area (Å²) in [5.74, 6) is 1.30. The molecule has 68 heavy (non-hydrogen) atoms. The molecule has 8 rings (SSSR count). The molecular formula is C60H70N2OPtS2Si2. The Morgan fingerprint density at radius 1 is 0.441 bits per heavy atom. The van der Waals surface area contributed by atoms with E-state index >= 15 is 0 Å². The van der Waals surface area contributed by atoms with Crippen molar-refractivity contribution >= 4 is 69.4 Å². The summed E-state index contributed by atoms with van der Waals surface area (Å²) in [4.78, 5) is 13.1. The molecule has 0 N–H and O–H groups in total. The molecule has 356 valence electrons. The quantitative estimate of drug-likeness (QED) is 0.112. The van der Waals surface area contributed by atoms with Crippen LogP contribution in [0.1, 0.15) is 105 Å². The van der Waals surface area contributed by atoms with E-state index in [4.69, 9.17) is 14.7 Å². The number of ether oxygens (including phenoxy) is 1. The van der Waals surface area contributed by atoms with Gasteiger partial charge in [-0.05, 0) is 77.2 Å². The van der Waals surface area contributed by atoms with Gasteiger partial charge in [-0.15, -0.1) is 57.1 Å². The molecule has 0 radical (unpaired) electrons. The maximum absolute atomic E-state index is 7.03. The molecule has 0 fully saturated rings. The molecule has 0 unspecified atom stereocenters. The molecular weight excluding hydrogens is 1080 g/mol. The molecule has 3 nitrogen and oxygen atoms in total. The van der Waals surface area contributed by atoms with E-state index in [1.807, 2.05) is 22.7 Å². The molecule has 0 aliphatic carbocycles. The average Bonchev–Trinajstić information content (AvgIpc) is 3.87. The first-order chi connectivity index (χ1) is 30.9. The van der Waals surface area contributed by atoms with E-state index < -0.39 is 16.1 Å². The van der Waals surface area contributed by atoms with E-state index in [-0.39, 0.29) is 42.7 Å². The van der Waals surface area contributed by atoms with Crippen molar-refractivity contribution in [1.82, 2.24) is 9.97 Å². The minimum absolute atomic E-state index is 0. The van der Waals surface area contributed by atoms with Crippen molar-refractivity contribution in [3.05, 3.63) is 132 Å². The minimum atomic E-state index is -1.75. The molecule has 0 atom stereocenters. The first-order valence-corrected chi connectivity index (χ1v) is 32.5. The number of nitrogens with zero attached hydrogens (tertiary/aromatic N) is 2. The fraction of sp³-hybridized carbons (Fsp3) is 0.367. The van der Waals surface area contributed by atoms with E-state index in [0.29, 0.717) is 11.5 Å². The van der Waals surface area contributed by atoms with Gasteiger partial charge in [-0.25, -0.2) is 0 Å². The van der Waals surface area contributed by atoms with Crippen LogP contribution in [0.2, 0.25) is 39.3 Å². The number of aromatic nitrogens is 2. The smallest absolute Gasteiger partial charge is 0.497 e. The Morgan fingerprint density at radius 3 is 1.06 bits per heavy atom. The van der Waals surface area contributed by atoms with Crippen molar-refractivity contribution in [2.24, 2.45) is 0 Å². The topological polar surface area (TPSA) is 35.0 Å². The molecule has 8 heteroatoms. The van der Waals surface area contributed by atoms with Crippen molar-refractivity contribution in [3.8, 4) is 54.9 Å². The van der Waals surface area contributed by atoms with Gasteiger partial charge in [0.15, 0.2) is 0 Å². The zero-order chi connectivity index (χ0) is 48.8. The van der Waals surface area contributed by atoms with Crippen LogP contribution < -0.4 is 15.1 Å². The normalized spacial score (nSPS) is 13.0. The zero-order valence-electron chi connectivity index (χ0n) is 43.7. The molecule has 4 aromatic heterocycles. The summed E-state index contributed by atoms with van der Waals surface area (Å²) in [6, 6.07) is 39.4. The number of rotatable bonds is 8. The largest absolute Gasteiger partial charge is 2.00 e. The zero-order valence-corrected chi connectivity index (χ0v) is 49.6. The van der Waals surface area contributed by atoms with Gasteiger partial charge in [0.25, 0.3) is 0 Å². The summed E-state index contributed by atoms with van der Waals surface area (Å²) in [5.41, 5.74) is 11.1. The third kappa shape index (κ3) is 10.8. The Balaban J connectivity index is 0.00000684. The molecule has 0 bridgehead atoms. The van der Waals surface area contributed by atoms with Crippen LogP contribution in [-0.4, -0.2) is 26.1 Å². The van der Waals surface area contributed by atoms with E-state index in [1.54, 1.807) is 0 Å². The third-order valence-electron chi connectivity index (χ3n) is 13.0. The first-order valence-electron chi connectivity index (χ1n) is 23.9. The molecule has 0 saturated heterocycles. The summed E-state index contributed by atoms with van der Waals surface area (Å²) in [7, 11) is -3.50. The van der Waals surface area contributed by atoms with Crippen molar-refractivity contribution < 1.29 is 25.8 Å². The van der Waals surface area contributed by atoms with E-state index in [0.717, 1.165) is 33.6 Å². The Bertz CT molecular complexity index is 2930. The predicted octanol–water partition coefficient (Wildman–Crippen LogP) is 17.2. The van der Waals surface area contributed by atoms with Crippen LogP contribution in [-0.2, 0) is 42.7 Å². The monoisotopic (exact) mass is 1150 g/mol. The third-order valence-corrected chi connectivity index (χ3v) is 19.4. The van der Waals surface area contributed by atoms with Gasteiger partial charge in [-0.3, -0.25) is 0 Å². The molecule has 0 spiro atoms. The second kappa shape index (κ2) is 18.3. The number of fused-ring (bicyclic) bond motifs is 2. The average molecular weight is 1150 g/mol. The van der Waals surface area contributed by atoms with Crippen LogP contribution in [0.4, 0.5) is 0 Å². The van der Waals surface area contributed by atoms with Gasteiger partial charge in [0.1, 0.15) is 0 Å². The van der Waals surface area contributed by atoms with Crippen molar-refractivity contribution in [2.45, 2.75) is 144 Å². The summed E-state index contributed by atoms with van der Waals surface area (Å²) in [5, 5.41) is 5.35. The summed E-state index contributed by atoms with van der Waals surface area (Å²) in [6.45, 7) is 41.7. The maximum Gasteiger partial charge on any atom is 2.00 e. The molecule has 0 aliphatic heterocycles. The summed E-state index contributed by atoms with van der Waals surface area (Å²) >= 11 is 3.67. The van der Waals surface area contributed by atoms with Crippen LogP contribution in [0.5, 0.6) is 11.5 Å². The Labute approximate surface area is 432 Å². The van der Waals surface area contributed by atoms with Crippen LogP contribution in [0.25, 0.3) is 63.6 Å². The molecule has 0 amide bonds. The molecule has 8 aromatic rings. The van der Waals surface area contributed by atoms with Crippen LogP contribution >= 0.6 is 22.7 Å². The van der Waals surface area contributed by atoms with E-state index in [1.165, 1.54) is 62.6 Å². The van der Waals surface area contributed by atoms with Crippen LogP contribution in [0, 0.1) is 12.1 Å². The standard InChI is InChI=1S/C60H70N2OS2Si2.Pt/c1-57(2,3)41-23-19-37(20-24-41)49-33-47-51(66(13,14)15)35-61-53(55(47)64-49)39-27-43(59(7,8)9)31-45(29-39)63-46-30-40(28-44(32-46)60(10,11)12)54-56-48(52(36-62-54)67(16,17)18)34-50(65-56)38-21-25-42(26-22-38)58(4,5)6;/h19-28,31-36H,1-18H3;/q-2;+2. The van der Waals surface area contributed by atoms with Crippen molar-refractivity contribution in [3.63, 3.8) is 0 Å². The molecule has 4 aromatic carbocycles. The summed E-state index contributed by atoms with van der Waals surface area (Å²) in [6.07, 6.45) is 4.29. The number of benzene rings is 4. The van der Waals surface area contributed by atoms with Gasteiger partial charge in [-0.2, -0.15) is 0 Å². The Kier molecular flexibility index (Phi) is 14.0. The van der Waals surface area contributed by atoms with Crippen molar-refractivity contribution in [1.29, 1.82) is 0 Å². The Hall–Kier alpha value is -3.98. The van der Waals surface area contributed by atoms with Crippen molar-refractivity contribution in [2.75, 3.05) is 0 Å². The van der Waals surface area contributed by atoms with E-state index in [2.05, 4.69) is 232 Å². The second-order valence-corrected chi connectivity index (χ2v) is 37.0. The van der Waals surface area contributed by atoms with Gasteiger partial charge < -0.3 is 14.7 Å². The number of thiophene rings is 2. The van der Waals surface area contributed by atoms with Gasteiger partial charge in [0.2, 0.25) is 0 Å². The van der Waals surface area contributed by atoms with Gasteiger partial charge in [-0.1, -0.05) is 195 Å². The maximum atomic E-state index is 7.03. The van der Waals surface area contributed by atoms with Gasteiger partial charge >= 0.3 is 21.1 Å². The fourth-order valence-electron chi connectivity index (χ4n) is 8.62. The van der Waals surface area contributed by atoms with Gasteiger partial charge in [0.05, 0.1) is 16.1 Å². The fourth-order valence-corrected chi connectivity index (χ4v) is 14.1. The number of hydrogen-bond donors (Lipinski definition) is 0. The number of pyridine rings is 2. The van der Waals surface area contributed by atoms with Gasteiger partial charge in [0, 0.05) is 54.4 Å².